The molecule has 1 amide bonds. The third-order valence-corrected chi connectivity index (χ3v) is 4.37. The van der Waals surface area contributed by atoms with Crippen molar-refractivity contribution in [1.29, 1.82) is 0 Å². The van der Waals surface area contributed by atoms with E-state index in [4.69, 9.17) is 4.74 Å². The topological polar surface area (TPSA) is 75.6 Å². The number of para-hydroxylation sites is 1. The third-order valence-electron chi connectivity index (χ3n) is 3.84. The van der Waals surface area contributed by atoms with Crippen molar-refractivity contribution >= 4 is 33.4 Å². The van der Waals surface area contributed by atoms with Crippen LogP contribution >= 0.6 is 15.9 Å². The van der Waals surface area contributed by atoms with E-state index in [2.05, 4.69) is 21.2 Å². The maximum absolute atomic E-state index is 12.3. The van der Waals surface area contributed by atoms with Gasteiger partial charge in [-0.1, -0.05) is 46.3 Å². The molecule has 5 nitrogen and oxygen atoms in total. The molecule has 0 aliphatic carbocycles. The van der Waals surface area contributed by atoms with E-state index in [9.17, 15) is 14.7 Å². The Morgan fingerprint density at radius 3 is 2.46 bits per heavy atom. The quantitative estimate of drug-likeness (QED) is 0.481. The molecule has 122 valence electrons. The van der Waals surface area contributed by atoms with E-state index >= 15 is 0 Å². The molecule has 3 rings (SSSR count). The number of hydrogen-bond donors (Lipinski definition) is 2. The molecule has 1 fully saturated rings. The van der Waals surface area contributed by atoms with Crippen LogP contribution in [0.1, 0.15) is 17.2 Å². The van der Waals surface area contributed by atoms with E-state index in [1.807, 2.05) is 0 Å². The largest absolute Gasteiger partial charge is 0.507 e. The highest BCUT2D eigenvalue weighted by atomic mass is 79.9. The number of aliphatic hydroxyl groups excluding tert-OH is 1. The lowest BCUT2D eigenvalue weighted by molar-refractivity contribution is -0.133. The maximum Gasteiger partial charge on any atom is 0.293 e. The van der Waals surface area contributed by atoms with E-state index in [1.165, 1.54) is 7.11 Å². The van der Waals surface area contributed by atoms with Crippen LogP contribution in [0.15, 0.2) is 58.6 Å². The minimum Gasteiger partial charge on any atom is -0.507 e. The zero-order chi connectivity index (χ0) is 17.3. The molecule has 2 aromatic carbocycles. The molecule has 1 heterocycles. The van der Waals surface area contributed by atoms with Crippen LogP contribution in [-0.2, 0) is 9.59 Å². The Hall–Kier alpha value is -2.60. The van der Waals surface area contributed by atoms with Gasteiger partial charge in [-0.15, -0.1) is 0 Å². The Morgan fingerprint density at radius 1 is 1.12 bits per heavy atom. The molecule has 0 spiro atoms. The summed E-state index contributed by atoms with van der Waals surface area (Å²) in [6, 6.07) is 13.1. The fraction of sp³-hybridized carbons (Fsp3) is 0.111. The van der Waals surface area contributed by atoms with Gasteiger partial charge in [-0.25, -0.2) is 0 Å². The van der Waals surface area contributed by atoms with Crippen molar-refractivity contribution < 1.29 is 19.4 Å². The van der Waals surface area contributed by atoms with E-state index in [0.29, 0.717) is 16.9 Å². The molecule has 1 aliphatic heterocycles. The molecule has 1 aliphatic rings. The average Bonchev–Trinajstić information content (AvgIpc) is 2.90. The number of carbonyl (C=O) groups is 2. The lowest BCUT2D eigenvalue weighted by atomic mass is 9.95. The van der Waals surface area contributed by atoms with E-state index < -0.39 is 17.7 Å². The van der Waals surface area contributed by atoms with Crippen molar-refractivity contribution in [3.05, 3.63) is 69.7 Å². The smallest absolute Gasteiger partial charge is 0.293 e. The molecule has 0 aromatic heterocycles. The lowest BCUT2D eigenvalue weighted by Gasteiger charge is -2.16. The summed E-state index contributed by atoms with van der Waals surface area (Å²) < 4.78 is 6.15. The molecule has 1 atom stereocenters. The summed E-state index contributed by atoms with van der Waals surface area (Å²) in [7, 11) is 1.51. The van der Waals surface area contributed by atoms with Crippen LogP contribution in [0.5, 0.6) is 5.75 Å². The molecule has 0 bridgehead atoms. The summed E-state index contributed by atoms with van der Waals surface area (Å²) in [6.07, 6.45) is 0. The number of methoxy groups -OCH3 is 1. The second-order valence-corrected chi connectivity index (χ2v) is 6.16. The first-order valence-electron chi connectivity index (χ1n) is 7.20. The van der Waals surface area contributed by atoms with Crippen molar-refractivity contribution in [3.63, 3.8) is 0 Å². The molecule has 2 aromatic rings. The number of carbonyl (C=O) groups excluding carboxylic acids is 2. The molecule has 1 saturated heterocycles. The van der Waals surface area contributed by atoms with Gasteiger partial charge in [0.2, 0.25) is 0 Å². The summed E-state index contributed by atoms with van der Waals surface area (Å²) in [5, 5.41) is 13.2. The highest BCUT2D eigenvalue weighted by molar-refractivity contribution is 9.10. The van der Waals surface area contributed by atoms with Gasteiger partial charge in [-0.2, -0.15) is 0 Å². The Bertz CT molecular complexity index is 842. The number of benzene rings is 2. The van der Waals surface area contributed by atoms with Crippen LogP contribution in [-0.4, -0.2) is 23.9 Å². The van der Waals surface area contributed by atoms with Gasteiger partial charge in [0.1, 0.15) is 11.5 Å². The number of nitrogens with one attached hydrogen (secondary N) is 1. The van der Waals surface area contributed by atoms with Crippen molar-refractivity contribution in [2.75, 3.05) is 7.11 Å². The molecule has 24 heavy (non-hydrogen) atoms. The summed E-state index contributed by atoms with van der Waals surface area (Å²) in [5.41, 5.74) is 1.09. The van der Waals surface area contributed by atoms with Crippen LogP contribution in [0.4, 0.5) is 0 Å². The Labute approximate surface area is 147 Å². The fourth-order valence-corrected chi connectivity index (χ4v) is 2.93. The zero-order valence-electron chi connectivity index (χ0n) is 12.7. The molecule has 0 saturated carbocycles. The number of halogens is 1. The predicted octanol–water partition coefficient (Wildman–Crippen LogP) is 3.17. The number of hydrogen-bond acceptors (Lipinski definition) is 4. The van der Waals surface area contributed by atoms with Crippen molar-refractivity contribution in [3.8, 4) is 5.75 Å². The summed E-state index contributed by atoms with van der Waals surface area (Å²) in [5.74, 6) is -1.18. The first kappa shape index (κ1) is 16.3. The van der Waals surface area contributed by atoms with Gasteiger partial charge in [0, 0.05) is 15.6 Å². The minimum atomic E-state index is -0.759. The van der Waals surface area contributed by atoms with Gasteiger partial charge in [-0.3, -0.25) is 9.59 Å². The highest BCUT2D eigenvalue weighted by Gasteiger charge is 2.40. The SMILES string of the molecule is COc1ccccc1[C@H]1NC(=O)C(=O)C1=C(O)c1ccc(Br)cc1. The lowest BCUT2D eigenvalue weighted by Crippen LogP contribution is -2.21. The second-order valence-electron chi connectivity index (χ2n) is 5.25. The van der Waals surface area contributed by atoms with Crippen LogP contribution < -0.4 is 10.1 Å². The number of ether oxygens (including phenoxy) is 1. The number of aliphatic hydroxyl groups is 1. The first-order chi connectivity index (χ1) is 11.5. The maximum atomic E-state index is 12.3. The van der Waals surface area contributed by atoms with Crippen molar-refractivity contribution in [2.24, 2.45) is 0 Å². The Kier molecular flexibility index (Phi) is 4.40. The van der Waals surface area contributed by atoms with Crippen LogP contribution in [0.3, 0.4) is 0 Å². The van der Waals surface area contributed by atoms with E-state index in [1.54, 1.807) is 48.5 Å². The van der Waals surface area contributed by atoms with E-state index in [0.717, 1.165) is 4.47 Å². The number of amides is 1. The molecule has 2 N–H and O–H groups in total. The summed E-state index contributed by atoms with van der Waals surface area (Å²) in [4.78, 5) is 24.2. The van der Waals surface area contributed by atoms with Gasteiger partial charge < -0.3 is 15.2 Å². The van der Waals surface area contributed by atoms with E-state index in [-0.39, 0.29) is 11.3 Å². The number of rotatable bonds is 3. The zero-order valence-corrected chi connectivity index (χ0v) is 14.3. The van der Waals surface area contributed by atoms with Gasteiger partial charge in [-0.05, 0) is 18.2 Å². The normalized spacial score (nSPS) is 19.2. The molecular weight excluding hydrogens is 374 g/mol. The van der Waals surface area contributed by atoms with Gasteiger partial charge >= 0.3 is 0 Å². The fourth-order valence-electron chi connectivity index (χ4n) is 2.67. The molecule has 6 heteroatoms. The standard InChI is InChI=1S/C18H14BrNO4/c1-24-13-5-3-2-4-12(13)15-14(17(22)18(23)20-15)16(21)10-6-8-11(19)9-7-10/h2-9,15,21H,1H3,(H,20,23)/t15-/m1/s1. The first-order valence-corrected chi connectivity index (χ1v) is 7.99. The van der Waals surface area contributed by atoms with Gasteiger partial charge in [0.15, 0.2) is 0 Å². The monoisotopic (exact) mass is 387 g/mol. The highest BCUT2D eigenvalue weighted by Crippen LogP contribution is 2.36. The van der Waals surface area contributed by atoms with Crippen molar-refractivity contribution in [2.45, 2.75) is 6.04 Å². The number of Topliss-reactive ketones (excluding diaryl/α,β-unsaturated/α-hetero) is 1. The van der Waals surface area contributed by atoms with Crippen molar-refractivity contribution in [1.82, 2.24) is 5.32 Å². The number of ketones is 1. The van der Waals surface area contributed by atoms with Gasteiger partial charge in [0.05, 0.1) is 18.7 Å². The second kappa shape index (κ2) is 6.49. The molecular formula is C18H14BrNO4. The van der Waals surface area contributed by atoms with Gasteiger partial charge in [0.25, 0.3) is 11.7 Å². The predicted molar refractivity (Wildman–Crippen MR) is 92.6 cm³/mol. The van der Waals surface area contributed by atoms with Crippen LogP contribution in [0.25, 0.3) is 5.76 Å². The Balaban J connectivity index is 2.15. The van der Waals surface area contributed by atoms with Crippen LogP contribution in [0, 0.1) is 0 Å². The Morgan fingerprint density at radius 2 is 1.79 bits per heavy atom. The summed E-state index contributed by atoms with van der Waals surface area (Å²) >= 11 is 3.32. The van der Waals surface area contributed by atoms with Crippen LogP contribution in [0.2, 0.25) is 0 Å². The molecule has 0 radical (unpaired) electrons. The molecule has 0 unspecified atom stereocenters. The minimum absolute atomic E-state index is 0.0202. The average molecular weight is 388 g/mol. The summed E-state index contributed by atoms with van der Waals surface area (Å²) in [6.45, 7) is 0. The third kappa shape index (κ3) is 2.80.